The molecule has 0 amide bonds. The number of aromatic nitrogens is 5. The van der Waals surface area contributed by atoms with Crippen molar-refractivity contribution in [2.45, 2.75) is 32.7 Å². The van der Waals surface area contributed by atoms with E-state index in [2.05, 4.69) is 20.0 Å². The van der Waals surface area contributed by atoms with Crippen molar-refractivity contribution in [3.8, 4) is 22.4 Å². The van der Waals surface area contributed by atoms with Crippen molar-refractivity contribution in [1.82, 2.24) is 29.5 Å². The molecule has 1 aromatic carbocycles. The SMILES string of the molecule is Cc1cc(-c2c(-c3ccc(F)cc3)nc(N)n3nc(CN4CCCCC4)nc23)c[nH]c1=O. The molecule has 1 aliphatic heterocycles. The summed E-state index contributed by atoms with van der Waals surface area (Å²) in [6.45, 7) is 4.43. The highest BCUT2D eigenvalue weighted by atomic mass is 19.1. The number of hydrogen-bond donors (Lipinski definition) is 2. The van der Waals surface area contributed by atoms with Crippen LogP contribution in [0.2, 0.25) is 0 Å². The van der Waals surface area contributed by atoms with Gasteiger partial charge in [-0.15, -0.1) is 5.10 Å². The first-order valence-electron chi connectivity index (χ1n) is 10.7. The van der Waals surface area contributed by atoms with Crippen LogP contribution in [0, 0.1) is 12.7 Å². The Kier molecular flexibility index (Phi) is 5.18. The van der Waals surface area contributed by atoms with Crippen LogP contribution in [-0.4, -0.2) is 42.6 Å². The summed E-state index contributed by atoms with van der Waals surface area (Å²) in [4.78, 5) is 26.5. The van der Waals surface area contributed by atoms with Gasteiger partial charge in [0, 0.05) is 22.9 Å². The Hall–Kier alpha value is -3.59. The number of rotatable bonds is 4. The first-order valence-corrected chi connectivity index (χ1v) is 10.7. The Labute approximate surface area is 183 Å². The first kappa shape index (κ1) is 20.3. The minimum absolute atomic E-state index is 0.163. The molecule has 4 aromatic rings. The fourth-order valence-electron chi connectivity index (χ4n) is 4.21. The van der Waals surface area contributed by atoms with E-state index in [1.807, 2.05) is 0 Å². The number of pyridine rings is 1. The molecule has 0 unspecified atom stereocenters. The van der Waals surface area contributed by atoms with Gasteiger partial charge >= 0.3 is 0 Å². The molecule has 0 radical (unpaired) electrons. The van der Waals surface area contributed by atoms with Crippen molar-refractivity contribution >= 4 is 11.6 Å². The van der Waals surface area contributed by atoms with Crippen LogP contribution < -0.4 is 11.3 Å². The van der Waals surface area contributed by atoms with Crippen LogP contribution >= 0.6 is 0 Å². The number of hydrogen-bond acceptors (Lipinski definition) is 6. The van der Waals surface area contributed by atoms with Crippen molar-refractivity contribution in [1.29, 1.82) is 0 Å². The quantitative estimate of drug-likeness (QED) is 0.512. The second-order valence-electron chi connectivity index (χ2n) is 8.20. The molecule has 8 nitrogen and oxygen atoms in total. The van der Waals surface area contributed by atoms with Gasteiger partial charge in [-0.1, -0.05) is 6.42 Å². The number of nitrogens with one attached hydrogen (secondary N) is 1. The Morgan fingerprint density at radius 3 is 2.56 bits per heavy atom. The minimum Gasteiger partial charge on any atom is -0.368 e. The lowest BCUT2D eigenvalue weighted by molar-refractivity contribution is 0.216. The Bertz CT molecular complexity index is 1340. The number of aryl methyl sites for hydroxylation is 1. The average molecular weight is 433 g/mol. The van der Waals surface area contributed by atoms with Crippen LogP contribution in [0.5, 0.6) is 0 Å². The third kappa shape index (κ3) is 3.75. The second-order valence-corrected chi connectivity index (χ2v) is 8.20. The van der Waals surface area contributed by atoms with Gasteiger partial charge in [-0.25, -0.2) is 14.4 Å². The molecule has 0 spiro atoms. The Morgan fingerprint density at radius 1 is 1.09 bits per heavy atom. The van der Waals surface area contributed by atoms with Gasteiger partial charge in [-0.2, -0.15) is 4.52 Å². The van der Waals surface area contributed by atoms with E-state index in [4.69, 9.17) is 10.7 Å². The van der Waals surface area contributed by atoms with Gasteiger partial charge in [0.15, 0.2) is 11.5 Å². The van der Waals surface area contributed by atoms with Crippen LogP contribution in [0.1, 0.15) is 30.7 Å². The van der Waals surface area contributed by atoms with E-state index >= 15 is 0 Å². The maximum absolute atomic E-state index is 13.6. The van der Waals surface area contributed by atoms with Crippen molar-refractivity contribution in [2.75, 3.05) is 18.8 Å². The highest BCUT2D eigenvalue weighted by Gasteiger charge is 2.22. The van der Waals surface area contributed by atoms with E-state index in [9.17, 15) is 9.18 Å². The number of piperidine rings is 1. The molecule has 1 aliphatic rings. The number of nitrogens with zero attached hydrogens (tertiary/aromatic N) is 5. The lowest BCUT2D eigenvalue weighted by atomic mass is 10.0. The summed E-state index contributed by atoms with van der Waals surface area (Å²) in [5.41, 5.74) is 9.89. The molecule has 9 heteroatoms. The molecule has 1 saturated heterocycles. The topological polar surface area (TPSA) is 105 Å². The number of nitrogens with two attached hydrogens (primary N) is 1. The number of aromatic amines is 1. The molecule has 5 rings (SSSR count). The van der Waals surface area contributed by atoms with Gasteiger partial charge in [0.1, 0.15) is 5.82 Å². The summed E-state index contributed by atoms with van der Waals surface area (Å²) in [6, 6.07) is 7.86. The predicted octanol–water partition coefficient (Wildman–Crippen LogP) is 3.16. The second kappa shape index (κ2) is 8.16. The van der Waals surface area contributed by atoms with E-state index < -0.39 is 0 Å². The van der Waals surface area contributed by atoms with E-state index in [1.165, 1.54) is 31.4 Å². The summed E-state index contributed by atoms with van der Waals surface area (Å²) < 4.78 is 15.1. The molecule has 3 aromatic heterocycles. The number of fused-ring (bicyclic) bond motifs is 1. The summed E-state index contributed by atoms with van der Waals surface area (Å²) in [5, 5.41) is 4.63. The van der Waals surface area contributed by atoms with Crippen LogP contribution in [0.25, 0.3) is 28.0 Å². The molecule has 0 atom stereocenters. The van der Waals surface area contributed by atoms with Crippen LogP contribution in [0.4, 0.5) is 10.3 Å². The predicted molar refractivity (Wildman–Crippen MR) is 121 cm³/mol. The van der Waals surface area contributed by atoms with Gasteiger partial charge in [-0.05, 0) is 63.2 Å². The van der Waals surface area contributed by atoms with Gasteiger partial charge in [0.2, 0.25) is 5.95 Å². The van der Waals surface area contributed by atoms with E-state index in [-0.39, 0.29) is 17.3 Å². The minimum atomic E-state index is -0.337. The van der Waals surface area contributed by atoms with E-state index in [0.29, 0.717) is 40.4 Å². The highest BCUT2D eigenvalue weighted by molar-refractivity contribution is 5.90. The molecule has 0 aliphatic carbocycles. The summed E-state index contributed by atoms with van der Waals surface area (Å²) in [5.74, 6) is 0.524. The number of H-pyrrole nitrogens is 1. The fraction of sp³-hybridized carbons (Fsp3) is 0.304. The molecule has 0 saturated carbocycles. The largest absolute Gasteiger partial charge is 0.368 e. The maximum atomic E-state index is 13.6. The van der Waals surface area contributed by atoms with Crippen LogP contribution in [-0.2, 0) is 6.54 Å². The lowest BCUT2D eigenvalue weighted by Crippen LogP contribution is -2.29. The smallest absolute Gasteiger partial charge is 0.250 e. The third-order valence-electron chi connectivity index (χ3n) is 5.86. The van der Waals surface area contributed by atoms with Gasteiger partial charge in [0.05, 0.1) is 17.8 Å². The van der Waals surface area contributed by atoms with Gasteiger partial charge < -0.3 is 10.7 Å². The molecule has 164 valence electrons. The van der Waals surface area contributed by atoms with E-state index in [0.717, 1.165) is 18.7 Å². The third-order valence-corrected chi connectivity index (χ3v) is 5.86. The van der Waals surface area contributed by atoms with Crippen LogP contribution in [0.3, 0.4) is 0 Å². The fourth-order valence-corrected chi connectivity index (χ4v) is 4.21. The van der Waals surface area contributed by atoms with Crippen molar-refractivity contribution in [3.05, 3.63) is 64.1 Å². The lowest BCUT2D eigenvalue weighted by Gasteiger charge is -2.24. The number of likely N-dealkylation sites (tertiary alicyclic amines) is 1. The Morgan fingerprint density at radius 2 is 1.84 bits per heavy atom. The molecule has 0 bridgehead atoms. The zero-order valence-electron chi connectivity index (χ0n) is 17.8. The molecule has 32 heavy (non-hydrogen) atoms. The zero-order chi connectivity index (χ0) is 22.2. The number of anilines is 1. The first-order chi connectivity index (χ1) is 15.5. The molecule has 1 fully saturated rings. The molecule has 3 N–H and O–H groups in total. The summed E-state index contributed by atoms with van der Waals surface area (Å²) in [6.07, 6.45) is 5.23. The normalized spacial score (nSPS) is 14.8. The molecular weight excluding hydrogens is 409 g/mol. The van der Waals surface area contributed by atoms with Gasteiger partial charge in [0.25, 0.3) is 5.56 Å². The summed E-state index contributed by atoms with van der Waals surface area (Å²) >= 11 is 0. The van der Waals surface area contributed by atoms with Gasteiger partial charge in [-0.3, -0.25) is 9.69 Å². The average Bonchev–Trinajstić information content (AvgIpc) is 3.21. The zero-order valence-corrected chi connectivity index (χ0v) is 17.8. The number of halogens is 1. The molecular formula is C23H24FN7O. The van der Waals surface area contributed by atoms with Crippen molar-refractivity contribution in [2.24, 2.45) is 0 Å². The number of nitrogen functional groups attached to an aromatic ring is 1. The van der Waals surface area contributed by atoms with Crippen molar-refractivity contribution < 1.29 is 4.39 Å². The summed E-state index contributed by atoms with van der Waals surface area (Å²) in [7, 11) is 0. The number of benzene rings is 1. The van der Waals surface area contributed by atoms with E-state index in [1.54, 1.807) is 35.8 Å². The van der Waals surface area contributed by atoms with Crippen molar-refractivity contribution in [3.63, 3.8) is 0 Å². The maximum Gasteiger partial charge on any atom is 0.250 e. The van der Waals surface area contributed by atoms with Crippen LogP contribution in [0.15, 0.2) is 41.3 Å². The standard InChI is InChI=1S/C23H24FN7O/c1-14-11-16(12-26-22(14)32)19-20(15-5-7-17(24)8-6-15)28-23(25)31-21(19)27-18(29-31)13-30-9-3-2-4-10-30/h5-8,11-12H,2-4,9-10,13H2,1H3,(H2,25,28)(H,26,32). The molecule has 4 heterocycles. The monoisotopic (exact) mass is 433 g/mol. The highest BCUT2D eigenvalue weighted by Crippen LogP contribution is 2.34. The Balaban J connectivity index is 1.71.